The zero-order valence-electron chi connectivity index (χ0n) is 9.87. The second kappa shape index (κ2) is 5.59. The molecule has 0 amide bonds. The Kier molecular flexibility index (Phi) is 4.64. The Labute approximate surface area is 101 Å². The van der Waals surface area contributed by atoms with Crippen LogP contribution < -0.4 is 0 Å². The highest BCUT2D eigenvalue weighted by Crippen LogP contribution is 2.15. The van der Waals surface area contributed by atoms with Crippen molar-refractivity contribution < 1.29 is 18.6 Å². The third-order valence-corrected chi connectivity index (χ3v) is 4.20. The molecule has 1 unspecified atom stereocenters. The van der Waals surface area contributed by atoms with Crippen LogP contribution in [-0.2, 0) is 10.0 Å². The zero-order chi connectivity index (χ0) is 13.1. The van der Waals surface area contributed by atoms with Crippen molar-refractivity contribution in [2.45, 2.75) is 17.9 Å². The molecule has 0 saturated heterocycles. The first kappa shape index (κ1) is 14.1. The SMILES string of the molecule is Cc1cccc(S(=O)(=O)N(C)CC(O)CO)c1. The molecule has 0 aromatic heterocycles. The summed E-state index contributed by atoms with van der Waals surface area (Å²) in [5.74, 6) is 0. The van der Waals surface area contributed by atoms with Crippen LogP contribution >= 0.6 is 0 Å². The summed E-state index contributed by atoms with van der Waals surface area (Å²) in [5, 5.41) is 17.9. The van der Waals surface area contributed by atoms with Gasteiger partial charge in [-0.3, -0.25) is 0 Å². The van der Waals surface area contributed by atoms with Gasteiger partial charge in [-0.05, 0) is 24.6 Å². The van der Waals surface area contributed by atoms with Gasteiger partial charge in [0.15, 0.2) is 0 Å². The van der Waals surface area contributed by atoms with E-state index in [0.717, 1.165) is 9.87 Å². The summed E-state index contributed by atoms with van der Waals surface area (Å²) in [4.78, 5) is 0.185. The zero-order valence-corrected chi connectivity index (χ0v) is 10.7. The van der Waals surface area contributed by atoms with Crippen LogP contribution in [0.2, 0.25) is 0 Å². The van der Waals surface area contributed by atoms with Crippen LogP contribution in [0.1, 0.15) is 5.56 Å². The van der Waals surface area contributed by atoms with Crippen LogP contribution in [0.25, 0.3) is 0 Å². The van der Waals surface area contributed by atoms with Crippen LogP contribution in [0.5, 0.6) is 0 Å². The molecule has 1 aromatic carbocycles. The summed E-state index contributed by atoms with van der Waals surface area (Å²) >= 11 is 0. The van der Waals surface area contributed by atoms with Crippen molar-refractivity contribution in [3.63, 3.8) is 0 Å². The van der Waals surface area contributed by atoms with Crippen molar-refractivity contribution in [1.82, 2.24) is 4.31 Å². The van der Waals surface area contributed by atoms with Gasteiger partial charge in [0, 0.05) is 13.6 Å². The minimum atomic E-state index is -3.60. The van der Waals surface area contributed by atoms with Gasteiger partial charge in [-0.15, -0.1) is 0 Å². The molecule has 0 saturated carbocycles. The van der Waals surface area contributed by atoms with Gasteiger partial charge in [0.1, 0.15) is 0 Å². The van der Waals surface area contributed by atoms with Crippen molar-refractivity contribution in [3.8, 4) is 0 Å². The van der Waals surface area contributed by atoms with E-state index in [0.29, 0.717) is 0 Å². The molecule has 0 spiro atoms. The van der Waals surface area contributed by atoms with Crippen molar-refractivity contribution in [1.29, 1.82) is 0 Å². The molecule has 96 valence electrons. The highest BCUT2D eigenvalue weighted by molar-refractivity contribution is 7.89. The summed E-state index contributed by atoms with van der Waals surface area (Å²) in [6.45, 7) is 1.21. The molecular formula is C11H17NO4S. The van der Waals surface area contributed by atoms with Crippen LogP contribution in [-0.4, -0.2) is 49.2 Å². The standard InChI is InChI=1S/C11H17NO4S/c1-9-4-3-5-11(6-9)17(15,16)12(2)7-10(14)8-13/h3-6,10,13-14H,7-8H2,1-2H3. The van der Waals surface area contributed by atoms with Gasteiger partial charge in [-0.25, -0.2) is 8.42 Å². The lowest BCUT2D eigenvalue weighted by atomic mass is 10.2. The normalized spacial score (nSPS) is 13.9. The first-order valence-corrected chi connectivity index (χ1v) is 6.64. The Balaban J connectivity index is 2.95. The van der Waals surface area contributed by atoms with E-state index < -0.39 is 22.7 Å². The number of aryl methyl sites for hydroxylation is 1. The van der Waals surface area contributed by atoms with Gasteiger partial charge >= 0.3 is 0 Å². The highest BCUT2D eigenvalue weighted by Gasteiger charge is 2.22. The molecule has 1 rings (SSSR count). The fraction of sp³-hybridized carbons (Fsp3) is 0.455. The third kappa shape index (κ3) is 3.50. The van der Waals surface area contributed by atoms with Gasteiger partial charge in [0.2, 0.25) is 10.0 Å². The molecule has 5 nitrogen and oxygen atoms in total. The average molecular weight is 259 g/mol. The number of likely N-dealkylation sites (N-methyl/N-ethyl adjacent to an activating group) is 1. The van der Waals surface area contributed by atoms with Gasteiger partial charge in [0.25, 0.3) is 0 Å². The fourth-order valence-electron chi connectivity index (χ4n) is 1.41. The number of aliphatic hydroxyl groups excluding tert-OH is 2. The summed E-state index contributed by atoms with van der Waals surface area (Å²) in [6, 6.07) is 6.54. The molecule has 6 heteroatoms. The quantitative estimate of drug-likeness (QED) is 0.778. The van der Waals surface area contributed by atoms with Crippen molar-refractivity contribution in [3.05, 3.63) is 29.8 Å². The Hall–Kier alpha value is -0.950. The van der Waals surface area contributed by atoms with Crippen LogP contribution in [0, 0.1) is 6.92 Å². The van der Waals surface area contributed by atoms with E-state index in [9.17, 15) is 13.5 Å². The fourth-order valence-corrected chi connectivity index (χ4v) is 2.72. The van der Waals surface area contributed by atoms with Gasteiger partial charge < -0.3 is 10.2 Å². The van der Waals surface area contributed by atoms with Crippen molar-refractivity contribution >= 4 is 10.0 Å². The minimum Gasteiger partial charge on any atom is -0.394 e. The second-order valence-electron chi connectivity index (χ2n) is 3.94. The number of hydrogen-bond acceptors (Lipinski definition) is 4. The van der Waals surface area contributed by atoms with Crippen molar-refractivity contribution in [2.75, 3.05) is 20.2 Å². The largest absolute Gasteiger partial charge is 0.394 e. The molecule has 2 N–H and O–H groups in total. The molecule has 0 aliphatic carbocycles. The molecule has 17 heavy (non-hydrogen) atoms. The van der Waals surface area contributed by atoms with Crippen LogP contribution in [0.4, 0.5) is 0 Å². The highest BCUT2D eigenvalue weighted by atomic mass is 32.2. The molecule has 0 radical (unpaired) electrons. The maximum absolute atomic E-state index is 12.1. The number of rotatable bonds is 5. The summed E-state index contributed by atoms with van der Waals surface area (Å²) in [6.07, 6.45) is -1.07. The smallest absolute Gasteiger partial charge is 0.242 e. The van der Waals surface area contributed by atoms with E-state index in [1.165, 1.54) is 13.1 Å². The van der Waals surface area contributed by atoms with Gasteiger partial charge in [-0.1, -0.05) is 12.1 Å². The second-order valence-corrected chi connectivity index (χ2v) is 5.98. The lowest BCUT2D eigenvalue weighted by molar-refractivity contribution is 0.0826. The molecule has 0 bridgehead atoms. The molecule has 1 atom stereocenters. The monoisotopic (exact) mass is 259 g/mol. The Morgan fingerprint density at radius 3 is 2.59 bits per heavy atom. The predicted octanol–water partition coefficient (Wildman–Crippen LogP) is -0.0313. The van der Waals surface area contributed by atoms with E-state index in [2.05, 4.69) is 0 Å². The van der Waals surface area contributed by atoms with Crippen LogP contribution in [0.15, 0.2) is 29.2 Å². The summed E-state index contributed by atoms with van der Waals surface area (Å²) in [7, 11) is -2.23. The lowest BCUT2D eigenvalue weighted by Gasteiger charge is -2.19. The summed E-state index contributed by atoms with van der Waals surface area (Å²) in [5.41, 5.74) is 0.849. The first-order valence-electron chi connectivity index (χ1n) is 5.20. The summed E-state index contributed by atoms with van der Waals surface area (Å²) < 4.78 is 25.2. The maximum Gasteiger partial charge on any atom is 0.242 e. The minimum absolute atomic E-state index is 0.132. The first-order chi connectivity index (χ1) is 7.87. The maximum atomic E-state index is 12.1. The lowest BCUT2D eigenvalue weighted by Crippen LogP contribution is -2.35. The van der Waals surface area contributed by atoms with E-state index in [-0.39, 0.29) is 11.4 Å². The Bertz CT molecular complexity index is 472. The Morgan fingerprint density at radius 1 is 1.41 bits per heavy atom. The van der Waals surface area contributed by atoms with E-state index in [4.69, 9.17) is 5.11 Å². The van der Waals surface area contributed by atoms with E-state index in [1.54, 1.807) is 12.1 Å². The van der Waals surface area contributed by atoms with E-state index in [1.807, 2.05) is 13.0 Å². The van der Waals surface area contributed by atoms with Gasteiger partial charge in [0.05, 0.1) is 17.6 Å². The molecule has 0 aliphatic heterocycles. The number of sulfonamides is 1. The van der Waals surface area contributed by atoms with Gasteiger partial charge in [-0.2, -0.15) is 4.31 Å². The molecule has 0 fully saturated rings. The van der Waals surface area contributed by atoms with Crippen LogP contribution in [0.3, 0.4) is 0 Å². The predicted molar refractivity (Wildman–Crippen MR) is 64.1 cm³/mol. The Morgan fingerprint density at radius 2 is 2.06 bits per heavy atom. The molecule has 0 aliphatic rings. The van der Waals surface area contributed by atoms with E-state index >= 15 is 0 Å². The number of benzene rings is 1. The topological polar surface area (TPSA) is 77.8 Å². The average Bonchev–Trinajstić information content (AvgIpc) is 2.28. The molecule has 1 aromatic rings. The molecule has 0 heterocycles. The number of hydrogen-bond donors (Lipinski definition) is 2. The number of nitrogens with zero attached hydrogens (tertiary/aromatic N) is 1. The molecular weight excluding hydrogens is 242 g/mol. The van der Waals surface area contributed by atoms with Crippen molar-refractivity contribution in [2.24, 2.45) is 0 Å². The third-order valence-electron chi connectivity index (χ3n) is 2.38. The number of aliphatic hydroxyl groups is 2.